The zero-order valence-electron chi connectivity index (χ0n) is 9.74. The van der Waals surface area contributed by atoms with E-state index in [1.165, 1.54) is 0 Å². The van der Waals surface area contributed by atoms with Crippen molar-refractivity contribution in [3.05, 3.63) is 16.9 Å². The number of aromatic nitrogens is 2. The fraction of sp³-hybridized carbons (Fsp3) is 0.636. The number of unbranched alkanes of at least 4 members (excludes halogenated alkanes) is 2. The monoisotopic (exact) mass is 287 g/mol. The number of halogens is 1. The lowest BCUT2D eigenvalue weighted by Gasteiger charge is -2.12. The quantitative estimate of drug-likeness (QED) is 0.818. The normalized spacial score (nSPS) is 12.4. The van der Waals surface area contributed by atoms with E-state index in [1.54, 1.807) is 17.1 Å². The number of amides is 1. The molecule has 1 atom stereocenters. The third-order valence-corrected chi connectivity index (χ3v) is 2.84. The zero-order chi connectivity index (χ0) is 12.0. The summed E-state index contributed by atoms with van der Waals surface area (Å²) in [6.07, 6.45) is 6.84. The van der Waals surface area contributed by atoms with Crippen molar-refractivity contribution in [2.24, 2.45) is 0 Å². The molecule has 4 nitrogen and oxygen atoms in total. The second kappa shape index (κ2) is 6.68. The minimum Gasteiger partial charge on any atom is -0.354 e. The van der Waals surface area contributed by atoms with Gasteiger partial charge in [0.2, 0.25) is 5.91 Å². The van der Waals surface area contributed by atoms with Crippen molar-refractivity contribution >= 4 is 21.8 Å². The molecule has 1 aromatic heterocycles. The molecule has 16 heavy (non-hydrogen) atoms. The number of nitrogens with one attached hydrogen (secondary N) is 1. The summed E-state index contributed by atoms with van der Waals surface area (Å²) >= 11 is 3.31. The molecule has 0 aliphatic rings. The van der Waals surface area contributed by atoms with Gasteiger partial charge in [-0.25, -0.2) is 0 Å². The van der Waals surface area contributed by atoms with Gasteiger partial charge in [0, 0.05) is 12.7 Å². The van der Waals surface area contributed by atoms with Crippen LogP contribution in [0, 0.1) is 0 Å². The highest BCUT2D eigenvalue weighted by molar-refractivity contribution is 9.10. The Hall–Kier alpha value is -0.840. The first-order chi connectivity index (χ1) is 7.65. The molecular formula is C11H18BrN3O. The van der Waals surface area contributed by atoms with Crippen LogP contribution in [0.1, 0.15) is 39.2 Å². The molecule has 90 valence electrons. The van der Waals surface area contributed by atoms with E-state index >= 15 is 0 Å². The van der Waals surface area contributed by atoms with Crippen molar-refractivity contribution in [1.82, 2.24) is 15.1 Å². The van der Waals surface area contributed by atoms with Gasteiger partial charge in [-0.15, -0.1) is 0 Å². The van der Waals surface area contributed by atoms with Gasteiger partial charge in [0.1, 0.15) is 6.04 Å². The molecule has 0 fully saturated rings. The molecule has 0 radical (unpaired) electrons. The maximum absolute atomic E-state index is 11.7. The smallest absolute Gasteiger partial charge is 0.244 e. The first kappa shape index (κ1) is 13.2. The van der Waals surface area contributed by atoms with E-state index < -0.39 is 0 Å². The number of hydrogen-bond donors (Lipinski definition) is 1. The number of rotatable bonds is 6. The van der Waals surface area contributed by atoms with E-state index in [0.29, 0.717) is 0 Å². The molecule has 1 aromatic rings. The van der Waals surface area contributed by atoms with E-state index in [-0.39, 0.29) is 11.9 Å². The van der Waals surface area contributed by atoms with E-state index in [1.807, 2.05) is 6.92 Å². The average Bonchev–Trinajstić information content (AvgIpc) is 2.70. The van der Waals surface area contributed by atoms with Gasteiger partial charge in [-0.3, -0.25) is 9.48 Å². The summed E-state index contributed by atoms with van der Waals surface area (Å²) in [5, 5.41) is 7.00. The van der Waals surface area contributed by atoms with Crippen molar-refractivity contribution in [2.45, 2.75) is 39.2 Å². The van der Waals surface area contributed by atoms with Gasteiger partial charge in [0.15, 0.2) is 0 Å². The van der Waals surface area contributed by atoms with Gasteiger partial charge in [0.25, 0.3) is 0 Å². The summed E-state index contributed by atoms with van der Waals surface area (Å²) in [6, 6.07) is -0.257. The van der Waals surface area contributed by atoms with Crippen LogP contribution < -0.4 is 5.32 Å². The van der Waals surface area contributed by atoms with Gasteiger partial charge in [-0.05, 0) is 29.3 Å². The van der Waals surface area contributed by atoms with Crippen LogP contribution in [0.3, 0.4) is 0 Å². The van der Waals surface area contributed by atoms with Gasteiger partial charge >= 0.3 is 0 Å². The molecule has 0 aliphatic carbocycles. The van der Waals surface area contributed by atoms with Crippen molar-refractivity contribution in [2.75, 3.05) is 6.54 Å². The molecular weight excluding hydrogens is 270 g/mol. The molecule has 1 N–H and O–H groups in total. The SMILES string of the molecule is CCCCCNC(=O)C(C)n1cc(Br)cn1. The summed E-state index contributed by atoms with van der Waals surface area (Å²) in [5.41, 5.74) is 0. The van der Waals surface area contributed by atoms with Crippen LogP contribution in [-0.2, 0) is 4.79 Å². The molecule has 0 aromatic carbocycles. The third-order valence-electron chi connectivity index (χ3n) is 2.43. The lowest BCUT2D eigenvalue weighted by molar-refractivity contribution is -0.124. The fourth-order valence-corrected chi connectivity index (χ4v) is 1.68. The van der Waals surface area contributed by atoms with Gasteiger partial charge < -0.3 is 5.32 Å². The lowest BCUT2D eigenvalue weighted by Crippen LogP contribution is -2.31. The first-order valence-corrected chi connectivity index (χ1v) is 6.41. The summed E-state index contributed by atoms with van der Waals surface area (Å²) in [7, 11) is 0. The van der Waals surface area contributed by atoms with Crippen LogP contribution in [0.15, 0.2) is 16.9 Å². The Labute approximate surface area is 105 Å². The van der Waals surface area contributed by atoms with E-state index in [9.17, 15) is 4.79 Å². The largest absolute Gasteiger partial charge is 0.354 e. The van der Waals surface area contributed by atoms with Crippen LogP contribution in [0.25, 0.3) is 0 Å². The molecule has 1 unspecified atom stereocenters. The third kappa shape index (κ3) is 3.96. The van der Waals surface area contributed by atoms with Gasteiger partial charge in [0.05, 0.1) is 10.7 Å². The summed E-state index contributed by atoms with van der Waals surface area (Å²) in [4.78, 5) is 11.7. The van der Waals surface area contributed by atoms with Crippen molar-refractivity contribution in [3.63, 3.8) is 0 Å². The maximum Gasteiger partial charge on any atom is 0.244 e. The average molecular weight is 288 g/mol. The standard InChI is InChI=1S/C11H18BrN3O/c1-3-4-5-6-13-11(16)9(2)15-8-10(12)7-14-15/h7-9H,3-6H2,1-2H3,(H,13,16). The summed E-state index contributed by atoms with van der Waals surface area (Å²) < 4.78 is 2.54. The van der Waals surface area contributed by atoms with E-state index in [0.717, 1.165) is 30.3 Å². The molecule has 5 heteroatoms. The molecule has 0 spiro atoms. The van der Waals surface area contributed by atoms with Crippen molar-refractivity contribution < 1.29 is 4.79 Å². The molecule has 0 aliphatic heterocycles. The van der Waals surface area contributed by atoms with Crippen LogP contribution in [0.5, 0.6) is 0 Å². The highest BCUT2D eigenvalue weighted by Gasteiger charge is 2.14. The van der Waals surface area contributed by atoms with Gasteiger partial charge in [-0.2, -0.15) is 5.10 Å². The van der Waals surface area contributed by atoms with E-state index in [2.05, 4.69) is 33.3 Å². The minimum absolute atomic E-state index is 0.0201. The Bertz CT molecular complexity index is 338. The predicted octanol–water partition coefficient (Wildman–Crippen LogP) is 2.51. The van der Waals surface area contributed by atoms with Crippen LogP contribution in [-0.4, -0.2) is 22.2 Å². The number of carbonyl (C=O) groups excluding carboxylic acids is 1. The Morgan fingerprint density at radius 2 is 2.38 bits per heavy atom. The highest BCUT2D eigenvalue weighted by atomic mass is 79.9. The molecule has 0 saturated carbocycles. The Kier molecular flexibility index (Phi) is 5.52. The van der Waals surface area contributed by atoms with Crippen molar-refractivity contribution in [1.29, 1.82) is 0 Å². The van der Waals surface area contributed by atoms with E-state index in [4.69, 9.17) is 0 Å². The number of hydrogen-bond acceptors (Lipinski definition) is 2. The lowest BCUT2D eigenvalue weighted by atomic mass is 10.2. The second-order valence-electron chi connectivity index (χ2n) is 3.81. The second-order valence-corrected chi connectivity index (χ2v) is 4.73. The Morgan fingerprint density at radius 3 is 2.94 bits per heavy atom. The zero-order valence-corrected chi connectivity index (χ0v) is 11.3. The summed E-state index contributed by atoms with van der Waals surface area (Å²) in [6.45, 7) is 4.74. The minimum atomic E-state index is -0.257. The Morgan fingerprint density at radius 1 is 1.62 bits per heavy atom. The molecule has 1 amide bonds. The first-order valence-electron chi connectivity index (χ1n) is 5.62. The Balaban J connectivity index is 2.36. The number of carbonyl (C=O) groups is 1. The van der Waals surface area contributed by atoms with Gasteiger partial charge in [-0.1, -0.05) is 19.8 Å². The maximum atomic E-state index is 11.7. The topological polar surface area (TPSA) is 46.9 Å². The predicted molar refractivity (Wildman–Crippen MR) is 67.2 cm³/mol. The molecule has 1 heterocycles. The molecule has 0 bridgehead atoms. The molecule has 1 rings (SSSR count). The van der Waals surface area contributed by atoms with Crippen LogP contribution >= 0.6 is 15.9 Å². The van der Waals surface area contributed by atoms with Crippen LogP contribution in [0.4, 0.5) is 0 Å². The number of nitrogens with zero attached hydrogens (tertiary/aromatic N) is 2. The fourth-order valence-electron chi connectivity index (χ4n) is 1.38. The molecule has 0 saturated heterocycles. The van der Waals surface area contributed by atoms with Crippen molar-refractivity contribution in [3.8, 4) is 0 Å². The highest BCUT2D eigenvalue weighted by Crippen LogP contribution is 2.11. The van der Waals surface area contributed by atoms with Crippen LogP contribution in [0.2, 0.25) is 0 Å². The summed E-state index contributed by atoms with van der Waals surface area (Å²) in [5.74, 6) is 0.0201.